The molecule has 2 saturated heterocycles. The lowest BCUT2D eigenvalue weighted by atomic mass is 9.96. The van der Waals surface area contributed by atoms with Gasteiger partial charge in [-0.15, -0.1) is 0 Å². The highest BCUT2D eigenvalue weighted by Gasteiger charge is 2.45. The van der Waals surface area contributed by atoms with Crippen molar-refractivity contribution in [1.29, 1.82) is 5.26 Å². The van der Waals surface area contributed by atoms with Gasteiger partial charge in [0.2, 0.25) is 0 Å². The van der Waals surface area contributed by atoms with Gasteiger partial charge in [0.05, 0.1) is 17.9 Å². The Balaban J connectivity index is 1.65. The fourth-order valence-corrected chi connectivity index (χ4v) is 4.54. The van der Waals surface area contributed by atoms with Crippen LogP contribution < -0.4 is 4.90 Å². The maximum atomic E-state index is 14.8. The van der Waals surface area contributed by atoms with Crippen molar-refractivity contribution in [2.24, 2.45) is 0 Å². The van der Waals surface area contributed by atoms with E-state index in [0.717, 1.165) is 31.6 Å². The summed E-state index contributed by atoms with van der Waals surface area (Å²) in [5, 5.41) is 14.2. The topological polar surface area (TPSA) is 61.0 Å². The number of rotatable bonds is 3. The molecule has 0 aromatic carbocycles. The second-order valence-electron chi connectivity index (χ2n) is 8.24. The number of nitriles is 1. The van der Waals surface area contributed by atoms with Gasteiger partial charge >= 0.3 is 0 Å². The Kier molecular flexibility index (Phi) is 3.75. The third-order valence-corrected chi connectivity index (χ3v) is 6.33. The predicted octanol–water partition coefficient (Wildman–Crippen LogP) is 2.94. The lowest BCUT2D eigenvalue weighted by molar-refractivity contribution is -0.00209. The molecule has 6 nitrogen and oxygen atoms in total. The Labute approximate surface area is 162 Å². The van der Waals surface area contributed by atoms with Crippen molar-refractivity contribution in [3.63, 3.8) is 0 Å². The van der Waals surface area contributed by atoms with E-state index in [1.54, 1.807) is 6.20 Å². The summed E-state index contributed by atoms with van der Waals surface area (Å²) >= 11 is 0. The van der Waals surface area contributed by atoms with Gasteiger partial charge in [-0.2, -0.15) is 10.4 Å². The Bertz CT molecular complexity index is 985. The van der Waals surface area contributed by atoms with Crippen molar-refractivity contribution in [1.82, 2.24) is 19.7 Å². The predicted molar refractivity (Wildman–Crippen MR) is 100 cm³/mol. The first kappa shape index (κ1) is 17.6. The number of aromatic nitrogens is 3. The minimum atomic E-state index is -2.99. The largest absolute Gasteiger partial charge is 0.353 e. The van der Waals surface area contributed by atoms with Crippen molar-refractivity contribution < 1.29 is 8.78 Å². The molecule has 28 heavy (non-hydrogen) atoms. The molecule has 0 radical (unpaired) electrons. The summed E-state index contributed by atoms with van der Waals surface area (Å²) in [6, 6.07) is 2.55. The lowest BCUT2D eigenvalue weighted by Gasteiger charge is -2.40. The fourth-order valence-electron chi connectivity index (χ4n) is 4.54. The Morgan fingerprint density at radius 1 is 1.32 bits per heavy atom. The van der Waals surface area contributed by atoms with Gasteiger partial charge in [-0.1, -0.05) is 0 Å². The van der Waals surface area contributed by atoms with E-state index in [2.05, 4.69) is 17.0 Å². The molecular weight excluding hydrogens is 362 g/mol. The average molecular weight is 384 g/mol. The highest BCUT2D eigenvalue weighted by Crippen LogP contribution is 2.49. The van der Waals surface area contributed by atoms with Crippen LogP contribution in [0.25, 0.3) is 11.3 Å². The van der Waals surface area contributed by atoms with Gasteiger partial charge in [0.1, 0.15) is 17.5 Å². The highest BCUT2D eigenvalue weighted by molar-refractivity contribution is 5.74. The summed E-state index contributed by atoms with van der Waals surface area (Å²) in [5.41, 5.74) is 1.73. The number of fused-ring (bicyclic) bond motifs is 1. The summed E-state index contributed by atoms with van der Waals surface area (Å²) in [7, 11) is 2.05. The average Bonchev–Trinajstić information content (AvgIpc) is 3.22. The molecule has 4 heterocycles. The summed E-state index contributed by atoms with van der Waals surface area (Å²) in [6.45, 7) is 4.62. The lowest BCUT2D eigenvalue weighted by Crippen LogP contribution is -2.46. The molecule has 2 aromatic rings. The maximum Gasteiger partial charge on any atom is 0.275 e. The van der Waals surface area contributed by atoms with E-state index in [9.17, 15) is 14.0 Å². The van der Waals surface area contributed by atoms with Crippen LogP contribution >= 0.6 is 0 Å². The molecule has 3 aliphatic rings. The Hall–Kier alpha value is -2.53. The van der Waals surface area contributed by atoms with E-state index >= 15 is 0 Å². The van der Waals surface area contributed by atoms with Gasteiger partial charge < -0.3 is 9.80 Å². The Morgan fingerprint density at radius 2 is 2.11 bits per heavy atom. The summed E-state index contributed by atoms with van der Waals surface area (Å²) in [5.74, 6) is -2.60. The van der Waals surface area contributed by atoms with E-state index < -0.39 is 5.92 Å². The number of hydrogen-bond acceptors (Lipinski definition) is 5. The van der Waals surface area contributed by atoms with E-state index in [1.807, 2.05) is 28.8 Å². The quantitative estimate of drug-likeness (QED) is 0.814. The van der Waals surface area contributed by atoms with Crippen molar-refractivity contribution >= 4 is 5.82 Å². The van der Waals surface area contributed by atoms with Crippen molar-refractivity contribution in [3.8, 4) is 17.3 Å². The first-order valence-corrected chi connectivity index (χ1v) is 9.74. The molecule has 8 heteroatoms. The van der Waals surface area contributed by atoms with Crippen LogP contribution in [0.5, 0.6) is 0 Å². The van der Waals surface area contributed by atoms with E-state index in [1.165, 1.54) is 0 Å². The van der Waals surface area contributed by atoms with Gasteiger partial charge in [-0.05, 0) is 32.4 Å². The minimum Gasteiger partial charge on any atom is -0.353 e. The number of pyridine rings is 1. The van der Waals surface area contributed by atoms with Crippen LogP contribution in [-0.4, -0.2) is 52.4 Å². The van der Waals surface area contributed by atoms with Crippen molar-refractivity contribution in [2.75, 3.05) is 31.6 Å². The Morgan fingerprint density at radius 3 is 2.71 bits per heavy atom. The summed E-state index contributed by atoms with van der Waals surface area (Å²) < 4.78 is 31.4. The van der Waals surface area contributed by atoms with Crippen molar-refractivity contribution in [3.05, 3.63) is 29.1 Å². The fraction of sp³-hybridized carbons (Fsp3) is 0.550. The molecule has 1 atom stereocenters. The van der Waals surface area contributed by atoms with Crippen LogP contribution in [0.15, 0.2) is 12.4 Å². The first-order chi connectivity index (χ1) is 13.4. The van der Waals surface area contributed by atoms with Gasteiger partial charge in [0.25, 0.3) is 5.92 Å². The SMILES string of the molecule is C[C@H]1CCN1c1nc(-c2cnn(C3CN(C)C3)c2)c2c(c1C#N)C(F)(F)CC2. The molecule has 2 fully saturated rings. The van der Waals surface area contributed by atoms with E-state index in [4.69, 9.17) is 4.98 Å². The number of hydrogen-bond donors (Lipinski definition) is 0. The molecule has 0 amide bonds. The van der Waals surface area contributed by atoms with Gasteiger partial charge in [-0.25, -0.2) is 13.8 Å². The summed E-state index contributed by atoms with van der Waals surface area (Å²) in [6.07, 6.45) is 4.56. The molecule has 0 unspecified atom stereocenters. The van der Waals surface area contributed by atoms with Crippen LogP contribution in [0.3, 0.4) is 0 Å². The molecule has 0 bridgehead atoms. The minimum absolute atomic E-state index is 0.0424. The zero-order valence-electron chi connectivity index (χ0n) is 16.0. The van der Waals surface area contributed by atoms with Crippen LogP contribution in [-0.2, 0) is 12.3 Å². The van der Waals surface area contributed by atoms with Gasteiger partial charge in [0, 0.05) is 49.4 Å². The smallest absolute Gasteiger partial charge is 0.275 e. The highest BCUT2D eigenvalue weighted by atomic mass is 19.3. The third-order valence-electron chi connectivity index (χ3n) is 6.33. The zero-order valence-corrected chi connectivity index (χ0v) is 16.0. The number of nitrogens with zero attached hydrogens (tertiary/aromatic N) is 6. The van der Waals surface area contributed by atoms with Gasteiger partial charge in [0.15, 0.2) is 0 Å². The van der Waals surface area contributed by atoms with Crippen LogP contribution in [0.4, 0.5) is 14.6 Å². The van der Waals surface area contributed by atoms with E-state index in [-0.39, 0.29) is 30.0 Å². The molecule has 2 aliphatic heterocycles. The molecule has 5 rings (SSSR count). The number of halogens is 2. The normalized spacial score (nSPS) is 23.8. The second-order valence-corrected chi connectivity index (χ2v) is 8.24. The third kappa shape index (κ3) is 2.46. The van der Waals surface area contributed by atoms with Crippen LogP contribution in [0, 0.1) is 11.3 Å². The molecule has 1 aliphatic carbocycles. The maximum absolute atomic E-state index is 14.8. The molecule has 0 spiro atoms. The molecule has 0 saturated carbocycles. The molecule has 0 N–H and O–H groups in total. The van der Waals surface area contributed by atoms with Crippen LogP contribution in [0.1, 0.15) is 42.5 Å². The monoisotopic (exact) mass is 384 g/mol. The summed E-state index contributed by atoms with van der Waals surface area (Å²) in [4.78, 5) is 8.92. The van der Waals surface area contributed by atoms with Crippen LogP contribution in [0.2, 0.25) is 0 Å². The standard InChI is InChI=1S/C20H22F2N6/c1-12-4-6-27(12)19-16(7-23)17-15(3-5-20(17,21)22)18(25-19)13-8-24-28(9-13)14-10-26(2)11-14/h8-9,12,14H,3-6,10-11H2,1-2H3/t12-/m0/s1. The molecule has 2 aromatic heterocycles. The number of alkyl halides is 2. The zero-order chi connectivity index (χ0) is 19.6. The first-order valence-electron chi connectivity index (χ1n) is 9.74. The molecule has 146 valence electrons. The second kappa shape index (κ2) is 5.98. The number of likely N-dealkylation sites (tertiary alicyclic amines) is 1. The molecular formula is C20H22F2N6. The van der Waals surface area contributed by atoms with Crippen molar-refractivity contribution in [2.45, 2.75) is 44.2 Å². The number of likely N-dealkylation sites (N-methyl/N-ethyl adjacent to an activating group) is 1. The number of anilines is 1. The van der Waals surface area contributed by atoms with Gasteiger partial charge in [-0.3, -0.25) is 4.68 Å². The van der Waals surface area contributed by atoms with E-state index in [0.29, 0.717) is 23.1 Å².